The highest BCUT2D eigenvalue weighted by Crippen LogP contribution is 2.28. The van der Waals surface area contributed by atoms with Crippen LogP contribution in [0.4, 0.5) is 4.79 Å². The fourth-order valence-corrected chi connectivity index (χ4v) is 5.28. The van der Waals surface area contributed by atoms with Crippen molar-refractivity contribution in [1.29, 1.82) is 0 Å². The van der Waals surface area contributed by atoms with Gasteiger partial charge in [0.05, 0.1) is 0 Å². The van der Waals surface area contributed by atoms with Crippen molar-refractivity contribution in [3.05, 3.63) is 34.9 Å². The number of carbonyl (C=O) groups is 3. The fraction of sp³-hybridized carbons (Fsp3) is 0.719. The lowest BCUT2D eigenvalue weighted by Crippen LogP contribution is -2.54. The van der Waals surface area contributed by atoms with Crippen LogP contribution in [0.5, 0.6) is 0 Å². The van der Waals surface area contributed by atoms with Crippen LogP contribution >= 0.6 is 11.8 Å². The largest absolute Gasteiger partial charge is 0.444 e. The Morgan fingerprint density at radius 1 is 0.975 bits per heavy atom. The molecule has 3 amide bonds. The Kier molecular flexibility index (Phi) is 16.3. The third-order valence-electron chi connectivity index (χ3n) is 6.78. The van der Waals surface area contributed by atoms with E-state index in [0.717, 1.165) is 61.6 Å². The first-order valence-corrected chi connectivity index (χ1v) is 16.4. The Hall–Kier alpha value is -2.22. The molecule has 0 heterocycles. The first kappa shape index (κ1) is 35.8. The zero-order valence-electron chi connectivity index (χ0n) is 26.5. The van der Waals surface area contributed by atoms with Crippen LogP contribution in [-0.2, 0) is 14.3 Å². The number of unbranched alkanes of at least 4 members (excludes halogenated alkanes) is 4. The second-order valence-corrected chi connectivity index (χ2v) is 12.9. The van der Waals surface area contributed by atoms with Gasteiger partial charge in [0.15, 0.2) is 0 Å². The van der Waals surface area contributed by atoms with Crippen LogP contribution in [0.15, 0.2) is 18.2 Å². The molecule has 0 spiro atoms. The molecule has 0 radical (unpaired) electrons. The van der Waals surface area contributed by atoms with Gasteiger partial charge in [-0.05, 0) is 83.9 Å². The standard InChI is InChI=1S/C32H55N3O4S/c1-10-12-13-14-15-20-35(30(37)27(19-21-40-9)34-31(38)39-32(6,7)8)28(29(36)33-25(5)16-11-2)26-18-17-23(3)22-24(26)4/h17-18,22,25,27-28H,10-16,19-21H2,1-9H3,(H,33,36)(H,34,38). The maximum atomic E-state index is 14.3. The number of hydrogen-bond donors (Lipinski definition) is 2. The molecule has 1 aromatic carbocycles. The SMILES string of the molecule is CCCCCCCN(C(=O)C(CCSC)NC(=O)OC(C)(C)C)C(C(=O)NC(C)CCC)c1ccc(C)cc1C. The molecule has 1 rings (SSSR count). The summed E-state index contributed by atoms with van der Waals surface area (Å²) in [5.74, 6) is 0.249. The average molecular weight is 578 g/mol. The van der Waals surface area contributed by atoms with Gasteiger partial charge in [-0.1, -0.05) is 69.7 Å². The summed E-state index contributed by atoms with van der Waals surface area (Å²) in [5, 5.41) is 6.00. The lowest BCUT2D eigenvalue weighted by atomic mass is 9.95. The van der Waals surface area contributed by atoms with Crippen molar-refractivity contribution in [3.63, 3.8) is 0 Å². The second kappa shape index (κ2) is 18.3. The highest BCUT2D eigenvalue weighted by atomic mass is 32.2. The monoisotopic (exact) mass is 577 g/mol. The number of nitrogens with one attached hydrogen (secondary N) is 2. The van der Waals surface area contributed by atoms with Crippen molar-refractivity contribution in [3.8, 4) is 0 Å². The van der Waals surface area contributed by atoms with Crippen molar-refractivity contribution in [2.75, 3.05) is 18.6 Å². The average Bonchev–Trinajstić information content (AvgIpc) is 2.85. The minimum atomic E-state index is -0.799. The lowest BCUT2D eigenvalue weighted by Gasteiger charge is -2.36. The van der Waals surface area contributed by atoms with Gasteiger partial charge in [0, 0.05) is 12.6 Å². The molecule has 3 atom stereocenters. The van der Waals surface area contributed by atoms with Gasteiger partial charge in [-0.25, -0.2) is 4.79 Å². The number of hydrogen-bond acceptors (Lipinski definition) is 5. The van der Waals surface area contributed by atoms with Crippen molar-refractivity contribution < 1.29 is 19.1 Å². The molecule has 1 aromatic rings. The van der Waals surface area contributed by atoms with E-state index in [2.05, 4.69) is 30.5 Å². The van der Waals surface area contributed by atoms with Crippen molar-refractivity contribution in [1.82, 2.24) is 15.5 Å². The van der Waals surface area contributed by atoms with E-state index in [1.807, 2.05) is 39.2 Å². The number of carbonyl (C=O) groups excluding carboxylic acids is 3. The predicted octanol–water partition coefficient (Wildman–Crippen LogP) is 7.09. The summed E-state index contributed by atoms with van der Waals surface area (Å²) in [7, 11) is 0. The molecule has 228 valence electrons. The van der Waals surface area contributed by atoms with Crippen LogP contribution in [0.3, 0.4) is 0 Å². The number of amides is 3. The first-order valence-electron chi connectivity index (χ1n) is 15.0. The first-order chi connectivity index (χ1) is 18.8. The lowest BCUT2D eigenvalue weighted by molar-refractivity contribution is -0.143. The molecule has 0 aromatic heterocycles. The van der Waals surface area contributed by atoms with E-state index in [4.69, 9.17) is 4.74 Å². The Bertz CT molecular complexity index is 931. The summed E-state index contributed by atoms with van der Waals surface area (Å²) in [5.41, 5.74) is 2.19. The van der Waals surface area contributed by atoms with Crippen molar-refractivity contribution >= 4 is 29.7 Å². The number of benzene rings is 1. The molecular formula is C32H55N3O4S. The summed E-state index contributed by atoms with van der Waals surface area (Å²) < 4.78 is 5.50. The Morgan fingerprint density at radius 2 is 1.65 bits per heavy atom. The highest BCUT2D eigenvalue weighted by molar-refractivity contribution is 7.98. The number of thioether (sulfide) groups is 1. The van der Waals surface area contributed by atoms with Gasteiger partial charge in [-0.3, -0.25) is 9.59 Å². The number of rotatable bonds is 17. The molecule has 7 nitrogen and oxygen atoms in total. The molecule has 0 aliphatic heterocycles. The van der Waals surface area contributed by atoms with Gasteiger partial charge in [0.25, 0.3) is 0 Å². The molecule has 0 saturated heterocycles. The minimum absolute atomic E-state index is 0.0144. The third kappa shape index (κ3) is 13.0. The van der Waals surface area contributed by atoms with Crippen LogP contribution in [0.25, 0.3) is 0 Å². The predicted molar refractivity (Wildman–Crippen MR) is 168 cm³/mol. The highest BCUT2D eigenvalue weighted by Gasteiger charge is 2.37. The molecule has 3 unspecified atom stereocenters. The molecule has 0 aliphatic rings. The Labute approximate surface area is 248 Å². The van der Waals surface area contributed by atoms with E-state index < -0.39 is 23.8 Å². The molecule has 2 N–H and O–H groups in total. The van der Waals surface area contributed by atoms with Gasteiger partial charge < -0.3 is 20.3 Å². The van der Waals surface area contributed by atoms with Gasteiger partial charge in [-0.2, -0.15) is 11.8 Å². The topological polar surface area (TPSA) is 87.7 Å². The van der Waals surface area contributed by atoms with E-state index in [0.29, 0.717) is 18.7 Å². The normalized spacial score (nSPS) is 13.7. The van der Waals surface area contributed by atoms with E-state index in [1.165, 1.54) is 0 Å². The molecule has 0 saturated carbocycles. The van der Waals surface area contributed by atoms with E-state index in [9.17, 15) is 14.4 Å². The number of aryl methyl sites for hydroxylation is 2. The summed E-state index contributed by atoms with van der Waals surface area (Å²) >= 11 is 1.61. The van der Waals surface area contributed by atoms with E-state index >= 15 is 0 Å². The Morgan fingerprint density at radius 3 is 2.23 bits per heavy atom. The molecule has 0 aliphatic carbocycles. The summed E-state index contributed by atoms with van der Waals surface area (Å²) in [6, 6.07) is 4.41. The zero-order chi connectivity index (χ0) is 30.3. The molecule has 40 heavy (non-hydrogen) atoms. The van der Waals surface area contributed by atoms with Crippen molar-refractivity contribution in [2.45, 2.75) is 130 Å². The summed E-state index contributed by atoms with van der Waals surface area (Å²) in [4.78, 5) is 42.8. The van der Waals surface area contributed by atoms with Crippen LogP contribution in [0.1, 0.15) is 116 Å². The van der Waals surface area contributed by atoms with Gasteiger partial charge in [0.2, 0.25) is 11.8 Å². The molecular weight excluding hydrogens is 522 g/mol. The fourth-order valence-electron chi connectivity index (χ4n) is 4.81. The Balaban J connectivity index is 3.53. The third-order valence-corrected chi connectivity index (χ3v) is 7.42. The second-order valence-electron chi connectivity index (χ2n) is 11.9. The minimum Gasteiger partial charge on any atom is -0.444 e. The van der Waals surface area contributed by atoms with Crippen LogP contribution in [0, 0.1) is 13.8 Å². The summed E-state index contributed by atoms with van der Waals surface area (Å²) in [6.45, 7) is 16.1. The number of nitrogens with zero attached hydrogens (tertiary/aromatic N) is 1. The smallest absolute Gasteiger partial charge is 0.408 e. The molecule has 0 fully saturated rings. The van der Waals surface area contributed by atoms with Gasteiger partial charge in [0.1, 0.15) is 17.7 Å². The number of ether oxygens (including phenoxy) is 1. The van der Waals surface area contributed by atoms with Crippen LogP contribution in [0.2, 0.25) is 0 Å². The molecule has 8 heteroatoms. The maximum Gasteiger partial charge on any atom is 0.408 e. The van der Waals surface area contributed by atoms with Gasteiger partial charge in [-0.15, -0.1) is 0 Å². The maximum absolute atomic E-state index is 14.3. The van der Waals surface area contributed by atoms with Crippen LogP contribution in [-0.4, -0.2) is 59.0 Å². The zero-order valence-corrected chi connectivity index (χ0v) is 27.3. The quantitative estimate of drug-likeness (QED) is 0.193. The molecule has 0 bridgehead atoms. The van der Waals surface area contributed by atoms with E-state index in [-0.39, 0.29) is 17.9 Å². The van der Waals surface area contributed by atoms with E-state index in [1.54, 1.807) is 37.4 Å². The van der Waals surface area contributed by atoms with Crippen molar-refractivity contribution in [2.24, 2.45) is 0 Å². The summed E-state index contributed by atoms with van der Waals surface area (Å²) in [6.07, 6.45) is 8.70. The number of alkyl carbamates (subject to hydrolysis) is 1. The van der Waals surface area contributed by atoms with Gasteiger partial charge >= 0.3 is 6.09 Å². The van der Waals surface area contributed by atoms with Crippen LogP contribution < -0.4 is 10.6 Å².